The van der Waals surface area contributed by atoms with E-state index in [0.29, 0.717) is 50.3 Å². The van der Waals surface area contributed by atoms with Gasteiger partial charge in [0.1, 0.15) is 17.9 Å². The second kappa shape index (κ2) is 9.91. The predicted octanol–water partition coefficient (Wildman–Crippen LogP) is 2.94. The van der Waals surface area contributed by atoms with E-state index in [0.717, 1.165) is 16.8 Å². The number of aromatic nitrogens is 1. The van der Waals surface area contributed by atoms with Gasteiger partial charge in [0.05, 0.1) is 33.0 Å². The van der Waals surface area contributed by atoms with E-state index in [2.05, 4.69) is 10.3 Å². The fraction of sp³-hybridized carbons (Fsp3) is 0.350. The summed E-state index contributed by atoms with van der Waals surface area (Å²) in [4.78, 5) is 4.55. The van der Waals surface area contributed by atoms with Crippen LogP contribution in [0.25, 0.3) is 22.6 Å². The topological polar surface area (TPSA) is 86.0 Å². The lowest BCUT2D eigenvalue weighted by Crippen LogP contribution is -2.11. The monoisotopic (exact) mass is 372 g/mol. The molecule has 0 fully saturated rings. The zero-order valence-electron chi connectivity index (χ0n) is 15.3. The number of benzene rings is 2. The number of aliphatic hydroxyl groups is 1. The summed E-state index contributed by atoms with van der Waals surface area (Å²) in [6.07, 6.45) is 0. The maximum atomic E-state index is 8.60. The smallest absolute Gasteiger partial charge is 0.227 e. The first kappa shape index (κ1) is 19.2. The molecule has 7 heteroatoms. The van der Waals surface area contributed by atoms with E-state index in [1.807, 2.05) is 49.5 Å². The Kier molecular flexibility index (Phi) is 7.04. The van der Waals surface area contributed by atoms with Crippen molar-refractivity contribution in [3.05, 3.63) is 42.5 Å². The number of ether oxygens (including phenoxy) is 3. The summed E-state index contributed by atoms with van der Waals surface area (Å²) < 4.78 is 22.0. The van der Waals surface area contributed by atoms with Gasteiger partial charge in [-0.05, 0) is 36.4 Å². The van der Waals surface area contributed by atoms with Crippen LogP contribution in [-0.4, -0.2) is 56.8 Å². The van der Waals surface area contributed by atoms with Crippen LogP contribution in [0.5, 0.6) is 5.75 Å². The first-order valence-electron chi connectivity index (χ1n) is 8.88. The molecule has 0 saturated heterocycles. The second-order valence-corrected chi connectivity index (χ2v) is 5.77. The molecule has 0 aliphatic carbocycles. The number of rotatable bonds is 11. The molecule has 27 heavy (non-hydrogen) atoms. The molecule has 0 bridgehead atoms. The Hall–Kier alpha value is -2.61. The summed E-state index contributed by atoms with van der Waals surface area (Å²) in [5.74, 6) is 1.30. The minimum absolute atomic E-state index is 0.0244. The average molecular weight is 372 g/mol. The molecule has 0 radical (unpaired) electrons. The van der Waals surface area contributed by atoms with Crippen LogP contribution in [0.1, 0.15) is 0 Å². The summed E-state index contributed by atoms with van der Waals surface area (Å²) in [5.41, 5.74) is 3.42. The molecule has 7 nitrogen and oxygen atoms in total. The number of nitrogens with zero attached hydrogens (tertiary/aromatic N) is 1. The Bertz CT molecular complexity index is 832. The minimum Gasteiger partial charge on any atom is -0.491 e. The van der Waals surface area contributed by atoms with Gasteiger partial charge in [-0.15, -0.1) is 0 Å². The van der Waals surface area contributed by atoms with Gasteiger partial charge >= 0.3 is 0 Å². The van der Waals surface area contributed by atoms with Gasteiger partial charge in [0.15, 0.2) is 5.58 Å². The summed E-state index contributed by atoms with van der Waals surface area (Å²) in [7, 11) is 1.88. The lowest BCUT2D eigenvalue weighted by atomic mass is 10.2. The third-order valence-corrected chi connectivity index (χ3v) is 3.88. The van der Waals surface area contributed by atoms with Crippen molar-refractivity contribution in [3.8, 4) is 17.2 Å². The molecule has 144 valence electrons. The van der Waals surface area contributed by atoms with Crippen molar-refractivity contribution in [2.75, 3.05) is 52.0 Å². The fourth-order valence-corrected chi connectivity index (χ4v) is 2.50. The molecule has 0 unspecified atom stereocenters. The summed E-state index contributed by atoms with van der Waals surface area (Å²) >= 11 is 0. The number of fused-ring (bicyclic) bond motifs is 1. The minimum atomic E-state index is 0.0244. The lowest BCUT2D eigenvalue weighted by molar-refractivity contribution is 0.0247. The van der Waals surface area contributed by atoms with Gasteiger partial charge in [0.2, 0.25) is 5.89 Å². The molecule has 3 rings (SSSR count). The summed E-state index contributed by atoms with van der Waals surface area (Å²) in [5, 5.41) is 11.7. The van der Waals surface area contributed by atoms with Crippen molar-refractivity contribution in [2.24, 2.45) is 0 Å². The van der Waals surface area contributed by atoms with Crippen molar-refractivity contribution < 1.29 is 23.7 Å². The van der Waals surface area contributed by atoms with E-state index in [1.165, 1.54) is 0 Å². The maximum absolute atomic E-state index is 8.60. The first-order valence-corrected chi connectivity index (χ1v) is 8.88. The molecule has 0 aliphatic heterocycles. The molecule has 0 amide bonds. The van der Waals surface area contributed by atoms with Crippen LogP contribution in [-0.2, 0) is 9.47 Å². The number of oxazole rings is 1. The zero-order valence-corrected chi connectivity index (χ0v) is 15.3. The molecule has 3 aromatic rings. The molecule has 0 aliphatic rings. The van der Waals surface area contributed by atoms with Crippen LogP contribution < -0.4 is 10.1 Å². The highest BCUT2D eigenvalue weighted by atomic mass is 16.5. The van der Waals surface area contributed by atoms with Gasteiger partial charge in [0, 0.05) is 24.4 Å². The fourth-order valence-electron chi connectivity index (χ4n) is 2.50. The highest BCUT2D eigenvalue weighted by Crippen LogP contribution is 2.27. The Balaban J connectivity index is 1.52. The molecule has 2 N–H and O–H groups in total. The molecule has 1 heterocycles. The number of nitrogens with one attached hydrogen (secondary N) is 1. The van der Waals surface area contributed by atoms with Crippen LogP contribution in [0, 0.1) is 0 Å². The molecule has 0 atom stereocenters. The van der Waals surface area contributed by atoms with Crippen molar-refractivity contribution >= 4 is 16.8 Å². The molecule has 0 saturated carbocycles. The van der Waals surface area contributed by atoms with Crippen molar-refractivity contribution in [2.45, 2.75) is 0 Å². The molecular formula is C20H24N2O5. The van der Waals surface area contributed by atoms with Crippen molar-refractivity contribution in [1.82, 2.24) is 4.98 Å². The normalized spacial score (nSPS) is 11.0. The van der Waals surface area contributed by atoms with Crippen LogP contribution in [0.3, 0.4) is 0 Å². The van der Waals surface area contributed by atoms with Gasteiger partial charge in [-0.1, -0.05) is 0 Å². The molecule has 1 aromatic heterocycles. The Morgan fingerprint density at radius 1 is 0.963 bits per heavy atom. The summed E-state index contributed by atoms with van der Waals surface area (Å²) in [6.45, 7) is 2.19. The van der Waals surface area contributed by atoms with Crippen molar-refractivity contribution in [3.63, 3.8) is 0 Å². The lowest BCUT2D eigenvalue weighted by Gasteiger charge is -2.07. The van der Waals surface area contributed by atoms with E-state index in [-0.39, 0.29) is 6.61 Å². The number of anilines is 1. The van der Waals surface area contributed by atoms with Crippen LogP contribution >= 0.6 is 0 Å². The SMILES string of the molecule is CNc1ccc(-c2nc3cc(OCCOCCOCCO)ccc3o2)cc1. The van der Waals surface area contributed by atoms with Gasteiger partial charge in [0.25, 0.3) is 0 Å². The predicted molar refractivity (Wildman–Crippen MR) is 103 cm³/mol. The number of aliphatic hydroxyl groups excluding tert-OH is 1. The van der Waals surface area contributed by atoms with Crippen LogP contribution in [0.15, 0.2) is 46.9 Å². The number of hydrogen-bond acceptors (Lipinski definition) is 7. The Morgan fingerprint density at radius 3 is 2.44 bits per heavy atom. The highest BCUT2D eigenvalue weighted by molar-refractivity contribution is 5.78. The van der Waals surface area contributed by atoms with Crippen LogP contribution in [0.4, 0.5) is 5.69 Å². The second-order valence-electron chi connectivity index (χ2n) is 5.77. The van der Waals surface area contributed by atoms with E-state index in [9.17, 15) is 0 Å². The average Bonchev–Trinajstić information content (AvgIpc) is 3.13. The zero-order chi connectivity index (χ0) is 18.9. The molecule has 2 aromatic carbocycles. The standard InChI is InChI=1S/C20H24N2O5/c1-21-16-4-2-15(3-5-16)20-22-18-14-17(6-7-19(18)27-20)26-13-12-25-11-10-24-9-8-23/h2-7,14,21,23H,8-13H2,1H3. The molecule has 0 spiro atoms. The van der Waals surface area contributed by atoms with Crippen molar-refractivity contribution in [1.29, 1.82) is 0 Å². The first-order chi connectivity index (χ1) is 13.3. The highest BCUT2D eigenvalue weighted by Gasteiger charge is 2.09. The quantitative estimate of drug-likeness (QED) is 0.501. The maximum Gasteiger partial charge on any atom is 0.227 e. The summed E-state index contributed by atoms with van der Waals surface area (Å²) in [6, 6.07) is 13.5. The van der Waals surface area contributed by atoms with Gasteiger partial charge < -0.3 is 29.1 Å². The number of hydrogen-bond donors (Lipinski definition) is 2. The largest absolute Gasteiger partial charge is 0.491 e. The van der Waals surface area contributed by atoms with Crippen LogP contribution in [0.2, 0.25) is 0 Å². The van der Waals surface area contributed by atoms with E-state index < -0.39 is 0 Å². The Labute approximate surface area is 157 Å². The van der Waals surface area contributed by atoms with E-state index in [1.54, 1.807) is 0 Å². The van der Waals surface area contributed by atoms with Gasteiger partial charge in [-0.2, -0.15) is 0 Å². The van der Waals surface area contributed by atoms with E-state index in [4.69, 9.17) is 23.7 Å². The third-order valence-electron chi connectivity index (χ3n) is 3.88. The van der Waals surface area contributed by atoms with Gasteiger partial charge in [-0.25, -0.2) is 4.98 Å². The van der Waals surface area contributed by atoms with Gasteiger partial charge in [-0.3, -0.25) is 0 Å². The van der Waals surface area contributed by atoms with E-state index >= 15 is 0 Å². The third kappa shape index (κ3) is 5.43. The Morgan fingerprint density at radius 2 is 1.70 bits per heavy atom. The molecular weight excluding hydrogens is 348 g/mol.